The third-order valence-electron chi connectivity index (χ3n) is 6.40. The lowest BCUT2D eigenvalue weighted by Gasteiger charge is -2.40. The van der Waals surface area contributed by atoms with Crippen molar-refractivity contribution in [3.05, 3.63) is 35.4 Å². The molecule has 0 aromatic heterocycles. The molecule has 2 aliphatic rings. The van der Waals surface area contributed by atoms with Crippen LogP contribution in [0.15, 0.2) is 24.3 Å². The number of alkyl halides is 3. The van der Waals surface area contributed by atoms with Crippen LogP contribution in [0.2, 0.25) is 0 Å². The highest BCUT2D eigenvalue weighted by atomic mass is 19.4. The maximum absolute atomic E-state index is 12.9. The Morgan fingerprint density at radius 2 is 1.77 bits per heavy atom. The third kappa shape index (κ3) is 6.45. The molecule has 1 aromatic carbocycles. The van der Waals surface area contributed by atoms with E-state index in [-0.39, 0.29) is 30.3 Å². The molecule has 2 atom stereocenters. The van der Waals surface area contributed by atoms with Gasteiger partial charge in [0, 0.05) is 25.6 Å². The highest BCUT2D eigenvalue weighted by Crippen LogP contribution is 2.36. The fourth-order valence-electron chi connectivity index (χ4n) is 4.73. The zero-order valence-electron chi connectivity index (χ0n) is 18.1. The van der Waals surface area contributed by atoms with Gasteiger partial charge in [-0.3, -0.25) is 14.5 Å². The maximum Gasteiger partial charge on any atom is 0.416 e. The molecular weight excluding hydrogens is 407 g/mol. The van der Waals surface area contributed by atoms with E-state index in [0.717, 1.165) is 62.8 Å². The van der Waals surface area contributed by atoms with Crippen LogP contribution in [0.4, 0.5) is 13.2 Å². The summed E-state index contributed by atoms with van der Waals surface area (Å²) >= 11 is 0. The largest absolute Gasteiger partial charge is 0.416 e. The van der Waals surface area contributed by atoms with Gasteiger partial charge in [-0.1, -0.05) is 25.0 Å². The van der Waals surface area contributed by atoms with Crippen LogP contribution in [0.5, 0.6) is 0 Å². The summed E-state index contributed by atoms with van der Waals surface area (Å²) in [6.45, 7) is 1.99. The molecule has 0 radical (unpaired) electrons. The number of carbonyl (C=O) groups excluding carboxylic acids is 2. The number of carbonyl (C=O) groups is 2. The molecule has 0 bridgehead atoms. The molecule has 2 heterocycles. The van der Waals surface area contributed by atoms with Crippen LogP contribution in [-0.4, -0.2) is 54.8 Å². The summed E-state index contributed by atoms with van der Waals surface area (Å²) in [7, 11) is 1.97. The minimum Gasteiger partial charge on any atom is -0.354 e. The summed E-state index contributed by atoms with van der Waals surface area (Å²) in [6.07, 6.45) is 1.94. The van der Waals surface area contributed by atoms with Gasteiger partial charge in [0.15, 0.2) is 0 Å². The van der Waals surface area contributed by atoms with Crippen LogP contribution in [0, 0.1) is 5.92 Å². The smallest absolute Gasteiger partial charge is 0.354 e. The number of nitrogens with one attached hydrogen (secondary N) is 1. The fourth-order valence-corrected chi connectivity index (χ4v) is 4.73. The molecule has 0 aliphatic carbocycles. The third-order valence-corrected chi connectivity index (χ3v) is 6.40. The molecule has 5 nitrogen and oxygen atoms in total. The first kappa shape index (κ1) is 23.6. The van der Waals surface area contributed by atoms with Crippen LogP contribution >= 0.6 is 0 Å². The predicted molar refractivity (Wildman–Crippen MR) is 112 cm³/mol. The van der Waals surface area contributed by atoms with Gasteiger partial charge < -0.3 is 10.2 Å². The van der Waals surface area contributed by atoms with E-state index in [1.807, 2.05) is 7.05 Å². The number of hydrogen-bond donors (Lipinski definition) is 1. The molecule has 0 spiro atoms. The van der Waals surface area contributed by atoms with E-state index < -0.39 is 11.7 Å². The van der Waals surface area contributed by atoms with Gasteiger partial charge in [0.05, 0.1) is 12.1 Å². The van der Waals surface area contributed by atoms with Gasteiger partial charge in [0.25, 0.3) is 0 Å². The standard InChI is InChI=1S/C23H32F3N3O2/c1-28-13-6-7-18(22(28)17-9-11-19(12-10-17)23(24,25)26)15-27-20(30)16-29-14-5-3-2-4-8-21(29)31/h9-12,18,22H,2-8,13-16H2,1H3,(H,27,30). The summed E-state index contributed by atoms with van der Waals surface area (Å²) in [5.41, 5.74) is 0.172. The van der Waals surface area contributed by atoms with Gasteiger partial charge in [-0.15, -0.1) is 0 Å². The molecule has 2 fully saturated rings. The van der Waals surface area contributed by atoms with E-state index in [4.69, 9.17) is 0 Å². The lowest BCUT2D eigenvalue weighted by atomic mass is 9.84. The van der Waals surface area contributed by atoms with E-state index in [1.54, 1.807) is 17.0 Å². The van der Waals surface area contributed by atoms with Gasteiger partial charge in [-0.25, -0.2) is 0 Å². The van der Waals surface area contributed by atoms with Gasteiger partial charge in [-0.2, -0.15) is 13.2 Å². The van der Waals surface area contributed by atoms with E-state index >= 15 is 0 Å². The Hall–Kier alpha value is -2.09. The van der Waals surface area contributed by atoms with Crippen molar-refractivity contribution in [1.82, 2.24) is 15.1 Å². The molecule has 31 heavy (non-hydrogen) atoms. The van der Waals surface area contributed by atoms with Crippen LogP contribution in [0.25, 0.3) is 0 Å². The van der Waals surface area contributed by atoms with Crippen molar-refractivity contribution < 1.29 is 22.8 Å². The van der Waals surface area contributed by atoms with Crippen molar-refractivity contribution in [3.8, 4) is 0 Å². The summed E-state index contributed by atoms with van der Waals surface area (Å²) < 4.78 is 38.7. The summed E-state index contributed by atoms with van der Waals surface area (Å²) in [4.78, 5) is 28.6. The van der Waals surface area contributed by atoms with Crippen LogP contribution in [0.1, 0.15) is 62.1 Å². The molecule has 8 heteroatoms. The Kier molecular flexibility index (Phi) is 7.97. The van der Waals surface area contributed by atoms with E-state index in [0.29, 0.717) is 19.5 Å². The lowest BCUT2D eigenvalue weighted by Crippen LogP contribution is -2.45. The van der Waals surface area contributed by atoms with Crippen molar-refractivity contribution in [2.24, 2.45) is 5.92 Å². The molecule has 2 amide bonds. The molecular formula is C23H32F3N3O2. The van der Waals surface area contributed by atoms with E-state index in [2.05, 4.69) is 10.2 Å². The first-order chi connectivity index (χ1) is 14.8. The number of rotatable bonds is 5. The first-order valence-electron chi connectivity index (χ1n) is 11.2. The van der Waals surface area contributed by atoms with Gasteiger partial charge in [-0.05, 0) is 62.9 Å². The Morgan fingerprint density at radius 3 is 2.48 bits per heavy atom. The van der Waals surface area contributed by atoms with Crippen molar-refractivity contribution in [2.45, 2.75) is 57.2 Å². The number of piperidine rings is 1. The summed E-state index contributed by atoms with van der Waals surface area (Å²) in [5.74, 6) is -0.0364. The second kappa shape index (κ2) is 10.5. The minimum atomic E-state index is -4.35. The Labute approximate surface area is 182 Å². The molecule has 2 saturated heterocycles. The number of nitrogens with zero attached hydrogens (tertiary/aromatic N) is 2. The average molecular weight is 440 g/mol. The Balaban J connectivity index is 1.61. The highest BCUT2D eigenvalue weighted by Gasteiger charge is 2.33. The van der Waals surface area contributed by atoms with Gasteiger partial charge in [0.2, 0.25) is 11.8 Å². The predicted octanol–water partition coefficient (Wildman–Crippen LogP) is 4.00. The summed E-state index contributed by atoms with van der Waals surface area (Å²) in [6, 6.07) is 5.29. The molecule has 1 aromatic rings. The van der Waals surface area contributed by atoms with Crippen molar-refractivity contribution in [1.29, 1.82) is 0 Å². The zero-order chi connectivity index (χ0) is 22.4. The molecule has 0 saturated carbocycles. The van der Waals surface area contributed by atoms with Crippen molar-refractivity contribution in [2.75, 3.05) is 33.2 Å². The normalized spacial score (nSPS) is 23.9. The fraction of sp³-hybridized carbons (Fsp3) is 0.652. The van der Waals surface area contributed by atoms with Gasteiger partial charge >= 0.3 is 6.18 Å². The number of amides is 2. The van der Waals surface area contributed by atoms with Gasteiger partial charge in [0.1, 0.15) is 0 Å². The SMILES string of the molecule is CN1CCCC(CNC(=O)CN2CCCCCCC2=O)C1c1ccc(C(F)(F)F)cc1. The maximum atomic E-state index is 12.9. The summed E-state index contributed by atoms with van der Waals surface area (Å²) in [5, 5.41) is 2.97. The minimum absolute atomic E-state index is 0.0369. The second-order valence-corrected chi connectivity index (χ2v) is 8.73. The first-order valence-corrected chi connectivity index (χ1v) is 11.2. The Bertz CT molecular complexity index is 751. The monoisotopic (exact) mass is 439 g/mol. The number of likely N-dealkylation sites (tertiary alicyclic amines) is 2. The highest BCUT2D eigenvalue weighted by molar-refractivity contribution is 5.84. The molecule has 3 rings (SSSR count). The van der Waals surface area contributed by atoms with Crippen LogP contribution in [-0.2, 0) is 15.8 Å². The lowest BCUT2D eigenvalue weighted by molar-refractivity contribution is -0.137. The number of benzene rings is 1. The molecule has 2 unspecified atom stereocenters. The quantitative estimate of drug-likeness (QED) is 0.755. The molecule has 2 aliphatic heterocycles. The zero-order valence-corrected chi connectivity index (χ0v) is 18.1. The molecule has 172 valence electrons. The molecule has 1 N–H and O–H groups in total. The van der Waals surface area contributed by atoms with Crippen LogP contribution < -0.4 is 5.32 Å². The van der Waals surface area contributed by atoms with Crippen molar-refractivity contribution >= 4 is 11.8 Å². The van der Waals surface area contributed by atoms with E-state index in [1.165, 1.54) is 0 Å². The Morgan fingerprint density at radius 1 is 1.06 bits per heavy atom. The number of hydrogen-bond acceptors (Lipinski definition) is 3. The second-order valence-electron chi connectivity index (χ2n) is 8.73. The topological polar surface area (TPSA) is 52.7 Å². The van der Waals surface area contributed by atoms with Crippen LogP contribution in [0.3, 0.4) is 0 Å². The van der Waals surface area contributed by atoms with E-state index in [9.17, 15) is 22.8 Å². The van der Waals surface area contributed by atoms with Crippen molar-refractivity contribution in [3.63, 3.8) is 0 Å². The number of halogens is 3. The average Bonchev–Trinajstić information content (AvgIpc) is 2.71.